The van der Waals surface area contributed by atoms with Gasteiger partial charge in [-0.1, -0.05) is 12.1 Å². The summed E-state index contributed by atoms with van der Waals surface area (Å²) in [6, 6.07) is 6.95. The molecule has 1 amide bonds. The SMILES string of the molecule is Cl.O=C(c1cc2cccc([N+](=O)[O-])c2[nH]1)N1CC2CCCNC2C1. The number of carbonyl (C=O) groups excluding carboxylic acids is 1. The molecule has 2 aliphatic heterocycles. The van der Waals surface area contributed by atoms with Crippen LogP contribution in [-0.4, -0.2) is 46.4 Å². The van der Waals surface area contributed by atoms with Crippen LogP contribution >= 0.6 is 12.4 Å². The van der Waals surface area contributed by atoms with Gasteiger partial charge >= 0.3 is 0 Å². The number of fused-ring (bicyclic) bond motifs is 2. The highest BCUT2D eigenvalue weighted by molar-refractivity contribution is 6.00. The van der Waals surface area contributed by atoms with E-state index in [1.807, 2.05) is 4.90 Å². The number of H-pyrrole nitrogens is 1. The fourth-order valence-electron chi connectivity index (χ4n) is 3.79. The van der Waals surface area contributed by atoms with Gasteiger partial charge in [-0.25, -0.2) is 0 Å². The van der Waals surface area contributed by atoms with Crippen molar-refractivity contribution in [2.45, 2.75) is 18.9 Å². The first kappa shape index (κ1) is 16.7. The number of carbonyl (C=O) groups is 1. The summed E-state index contributed by atoms with van der Waals surface area (Å²) in [5, 5.41) is 15.3. The summed E-state index contributed by atoms with van der Waals surface area (Å²) in [4.78, 5) is 28.2. The van der Waals surface area contributed by atoms with Crippen molar-refractivity contribution in [1.29, 1.82) is 0 Å². The number of hydrogen-bond donors (Lipinski definition) is 2. The molecule has 0 bridgehead atoms. The van der Waals surface area contributed by atoms with Crippen molar-refractivity contribution in [2.24, 2.45) is 5.92 Å². The van der Waals surface area contributed by atoms with Crippen molar-refractivity contribution >= 4 is 34.9 Å². The number of nitrogens with zero attached hydrogens (tertiary/aromatic N) is 2. The zero-order valence-corrected chi connectivity index (χ0v) is 13.8. The average Bonchev–Trinajstić information content (AvgIpc) is 3.17. The summed E-state index contributed by atoms with van der Waals surface area (Å²) in [5.41, 5.74) is 0.835. The van der Waals surface area contributed by atoms with Crippen LogP contribution in [-0.2, 0) is 0 Å². The molecule has 8 heteroatoms. The van der Waals surface area contributed by atoms with Crippen LogP contribution in [0.3, 0.4) is 0 Å². The first-order valence-electron chi connectivity index (χ1n) is 7.92. The summed E-state index contributed by atoms with van der Waals surface area (Å²) in [6.45, 7) is 2.48. The van der Waals surface area contributed by atoms with Gasteiger partial charge in [-0.2, -0.15) is 0 Å². The Bertz CT molecular complexity index is 777. The Balaban J connectivity index is 0.00000169. The first-order valence-corrected chi connectivity index (χ1v) is 7.92. The lowest BCUT2D eigenvalue weighted by atomic mass is 9.94. The lowest BCUT2D eigenvalue weighted by Gasteiger charge is -2.24. The third-order valence-electron chi connectivity index (χ3n) is 4.95. The van der Waals surface area contributed by atoms with E-state index in [1.165, 1.54) is 6.07 Å². The maximum atomic E-state index is 12.7. The van der Waals surface area contributed by atoms with Gasteiger partial charge in [-0.3, -0.25) is 14.9 Å². The summed E-state index contributed by atoms with van der Waals surface area (Å²) in [6.07, 6.45) is 2.31. The summed E-state index contributed by atoms with van der Waals surface area (Å²) in [7, 11) is 0. The van der Waals surface area contributed by atoms with Crippen molar-refractivity contribution < 1.29 is 9.72 Å². The predicted molar refractivity (Wildman–Crippen MR) is 92.6 cm³/mol. The van der Waals surface area contributed by atoms with E-state index in [-0.39, 0.29) is 24.0 Å². The molecule has 2 N–H and O–H groups in total. The molecular weight excluding hydrogens is 332 g/mol. The second kappa shape index (κ2) is 6.41. The van der Waals surface area contributed by atoms with Crippen LogP contribution in [0, 0.1) is 16.0 Å². The third-order valence-corrected chi connectivity index (χ3v) is 4.95. The van der Waals surface area contributed by atoms with Crippen molar-refractivity contribution in [1.82, 2.24) is 15.2 Å². The molecule has 2 aromatic rings. The Kier molecular flexibility index (Phi) is 4.47. The Morgan fingerprint density at radius 2 is 2.17 bits per heavy atom. The molecule has 0 aliphatic carbocycles. The number of amides is 1. The standard InChI is InChI=1S/C16H18N4O3.ClH/c21-16(19-8-11-4-2-6-17-13(11)9-19)12-7-10-3-1-5-14(20(22)23)15(10)18-12;/h1,3,5,7,11,13,17-18H,2,4,6,8-9H2;1H. The summed E-state index contributed by atoms with van der Waals surface area (Å²) >= 11 is 0. The highest BCUT2D eigenvalue weighted by atomic mass is 35.5. The fraction of sp³-hybridized carbons (Fsp3) is 0.438. The number of para-hydroxylation sites is 1. The lowest BCUT2D eigenvalue weighted by molar-refractivity contribution is -0.383. The monoisotopic (exact) mass is 350 g/mol. The molecule has 2 aliphatic rings. The molecule has 2 saturated heterocycles. The molecule has 2 atom stereocenters. The van der Waals surface area contributed by atoms with Crippen LogP contribution in [0.2, 0.25) is 0 Å². The van der Waals surface area contributed by atoms with E-state index in [1.54, 1.807) is 18.2 Å². The lowest BCUT2D eigenvalue weighted by Crippen LogP contribution is -2.41. The largest absolute Gasteiger partial charge is 0.345 e. The Morgan fingerprint density at radius 1 is 1.33 bits per heavy atom. The number of hydrogen-bond acceptors (Lipinski definition) is 4. The van der Waals surface area contributed by atoms with Crippen LogP contribution in [0.5, 0.6) is 0 Å². The maximum absolute atomic E-state index is 12.7. The van der Waals surface area contributed by atoms with Gasteiger partial charge < -0.3 is 15.2 Å². The average molecular weight is 351 g/mol. The number of non-ortho nitro benzene ring substituents is 1. The van der Waals surface area contributed by atoms with Gasteiger partial charge in [-0.05, 0) is 31.4 Å². The van der Waals surface area contributed by atoms with Crippen LogP contribution < -0.4 is 5.32 Å². The number of nitro benzene ring substituents is 1. The predicted octanol–water partition coefficient (Wildman–Crippen LogP) is 2.32. The summed E-state index contributed by atoms with van der Waals surface area (Å²) < 4.78 is 0. The van der Waals surface area contributed by atoms with Crippen LogP contribution in [0.25, 0.3) is 10.9 Å². The molecule has 128 valence electrons. The minimum atomic E-state index is -0.429. The second-order valence-corrected chi connectivity index (χ2v) is 6.35. The van der Waals surface area contributed by atoms with E-state index < -0.39 is 4.92 Å². The number of benzene rings is 1. The van der Waals surface area contributed by atoms with Gasteiger partial charge in [0.15, 0.2) is 0 Å². The van der Waals surface area contributed by atoms with Crippen LogP contribution in [0.4, 0.5) is 5.69 Å². The quantitative estimate of drug-likeness (QED) is 0.642. The van der Waals surface area contributed by atoms with E-state index >= 15 is 0 Å². The van der Waals surface area contributed by atoms with E-state index in [0.29, 0.717) is 35.1 Å². The van der Waals surface area contributed by atoms with Gasteiger partial charge in [-0.15, -0.1) is 12.4 Å². The first-order chi connectivity index (χ1) is 11.1. The molecule has 0 radical (unpaired) electrons. The van der Waals surface area contributed by atoms with E-state index in [2.05, 4.69) is 10.3 Å². The van der Waals surface area contributed by atoms with Crippen LogP contribution in [0.15, 0.2) is 24.3 Å². The number of rotatable bonds is 2. The Morgan fingerprint density at radius 3 is 2.92 bits per heavy atom. The maximum Gasteiger partial charge on any atom is 0.293 e. The molecule has 7 nitrogen and oxygen atoms in total. The molecule has 1 aromatic heterocycles. The fourth-order valence-corrected chi connectivity index (χ4v) is 3.79. The number of aromatic amines is 1. The van der Waals surface area contributed by atoms with Gasteiger partial charge in [0.05, 0.1) is 4.92 Å². The minimum absolute atomic E-state index is 0. The number of likely N-dealkylation sites (tertiary alicyclic amines) is 1. The van der Waals surface area contributed by atoms with Crippen molar-refractivity contribution in [3.63, 3.8) is 0 Å². The molecule has 24 heavy (non-hydrogen) atoms. The molecule has 3 heterocycles. The summed E-state index contributed by atoms with van der Waals surface area (Å²) in [5.74, 6) is 0.443. The normalized spacial score (nSPS) is 22.9. The highest BCUT2D eigenvalue weighted by Gasteiger charge is 2.37. The van der Waals surface area contributed by atoms with Crippen LogP contribution in [0.1, 0.15) is 23.3 Å². The second-order valence-electron chi connectivity index (χ2n) is 6.35. The van der Waals surface area contributed by atoms with Crippen molar-refractivity contribution in [3.05, 3.63) is 40.1 Å². The molecule has 0 spiro atoms. The number of piperidine rings is 1. The number of nitro groups is 1. The zero-order chi connectivity index (χ0) is 16.0. The number of halogens is 1. The number of aromatic nitrogens is 1. The van der Waals surface area contributed by atoms with Gasteiger partial charge in [0.25, 0.3) is 11.6 Å². The molecule has 0 saturated carbocycles. The van der Waals surface area contributed by atoms with E-state index in [9.17, 15) is 14.9 Å². The zero-order valence-electron chi connectivity index (χ0n) is 13.0. The van der Waals surface area contributed by atoms with E-state index in [0.717, 1.165) is 25.9 Å². The molecular formula is C16H19ClN4O3. The van der Waals surface area contributed by atoms with Crippen molar-refractivity contribution in [3.8, 4) is 0 Å². The third kappa shape index (κ3) is 2.74. The highest BCUT2D eigenvalue weighted by Crippen LogP contribution is 2.29. The minimum Gasteiger partial charge on any atom is -0.345 e. The van der Waals surface area contributed by atoms with Crippen molar-refractivity contribution in [2.75, 3.05) is 19.6 Å². The molecule has 4 rings (SSSR count). The topological polar surface area (TPSA) is 91.3 Å². The van der Waals surface area contributed by atoms with Gasteiger partial charge in [0.1, 0.15) is 11.2 Å². The van der Waals surface area contributed by atoms with E-state index in [4.69, 9.17) is 0 Å². The molecule has 1 aromatic carbocycles. The number of nitrogens with one attached hydrogen (secondary N) is 2. The Hall–Kier alpha value is -2.12. The van der Waals surface area contributed by atoms with Gasteiger partial charge in [0, 0.05) is 30.6 Å². The molecule has 2 fully saturated rings. The Labute approximate surface area is 145 Å². The smallest absolute Gasteiger partial charge is 0.293 e. The molecule has 2 unspecified atom stereocenters. The van der Waals surface area contributed by atoms with Gasteiger partial charge in [0.2, 0.25) is 0 Å².